The molecule has 0 aromatic heterocycles. The molecule has 0 spiro atoms. The molecular weight excluding hydrogens is 408 g/mol. The monoisotopic (exact) mass is 442 g/mol. The summed E-state index contributed by atoms with van der Waals surface area (Å²) in [7, 11) is 0. The number of amides is 1. The molecule has 3 fully saturated rings. The van der Waals surface area contributed by atoms with Gasteiger partial charge in [0.1, 0.15) is 0 Å². The number of carbonyl (C=O) groups excluding carboxylic acids is 1. The lowest BCUT2D eigenvalue weighted by Crippen LogP contribution is -2.67. The minimum absolute atomic E-state index is 0.0267. The Kier molecular flexibility index (Phi) is 6.28. The second-order valence-electron chi connectivity index (χ2n) is 10.6. The highest BCUT2D eigenvalue weighted by molar-refractivity contribution is 7.78. The lowest BCUT2D eigenvalue weighted by Gasteiger charge is -2.61. The Morgan fingerprint density at radius 1 is 1.14 bits per heavy atom. The number of isothiocyanates is 1. The van der Waals surface area contributed by atoms with Crippen molar-refractivity contribution in [1.82, 2.24) is 5.32 Å². The summed E-state index contributed by atoms with van der Waals surface area (Å²) in [4.78, 5) is 15.9. The van der Waals surface area contributed by atoms with E-state index in [0.717, 1.165) is 38.5 Å². The van der Waals surface area contributed by atoms with Gasteiger partial charge in [-0.3, -0.25) is 4.79 Å². The molecule has 0 aromatic rings. The van der Waals surface area contributed by atoms with Crippen LogP contribution in [0, 0.1) is 17.8 Å². The van der Waals surface area contributed by atoms with E-state index in [2.05, 4.69) is 43.2 Å². The lowest BCUT2D eigenvalue weighted by atomic mass is 9.51. The Bertz CT molecular complexity index is 696. The van der Waals surface area contributed by atoms with Gasteiger partial charge in [0.05, 0.1) is 33.4 Å². The summed E-state index contributed by atoms with van der Waals surface area (Å²) in [6, 6.07) is -0.367. The molecule has 0 aromatic carbocycles. The fourth-order valence-electron chi connectivity index (χ4n) is 6.55. The number of aliphatic imine (C=N–C) groups is 1. The van der Waals surface area contributed by atoms with E-state index in [9.17, 15) is 9.90 Å². The minimum atomic E-state index is -0.958. The van der Waals surface area contributed by atoms with Crippen molar-refractivity contribution < 1.29 is 14.6 Å². The highest BCUT2D eigenvalue weighted by Gasteiger charge is 2.61. The van der Waals surface area contributed by atoms with Crippen molar-refractivity contribution in [3.63, 3.8) is 0 Å². The third-order valence-electron chi connectivity index (χ3n) is 8.20. The number of rotatable bonds is 4. The van der Waals surface area contributed by atoms with E-state index in [1.165, 1.54) is 0 Å². The summed E-state index contributed by atoms with van der Waals surface area (Å²) in [5, 5.41) is 16.8. The van der Waals surface area contributed by atoms with Gasteiger partial charge in [0, 0.05) is 5.54 Å². The van der Waals surface area contributed by atoms with E-state index in [-0.39, 0.29) is 40.3 Å². The van der Waals surface area contributed by atoms with Crippen LogP contribution >= 0.6 is 23.8 Å². The van der Waals surface area contributed by atoms with Gasteiger partial charge in [-0.2, -0.15) is 0 Å². The van der Waals surface area contributed by atoms with Crippen molar-refractivity contribution in [3.8, 4) is 0 Å². The summed E-state index contributed by atoms with van der Waals surface area (Å²) >= 11 is 11.5. The molecule has 0 unspecified atom stereocenters. The van der Waals surface area contributed by atoms with Gasteiger partial charge in [-0.05, 0) is 103 Å². The first-order valence-corrected chi connectivity index (χ1v) is 11.6. The molecule has 1 saturated heterocycles. The Morgan fingerprint density at radius 3 is 2.38 bits per heavy atom. The van der Waals surface area contributed by atoms with Gasteiger partial charge in [-0.1, -0.05) is 0 Å². The third-order valence-corrected chi connectivity index (χ3v) is 9.04. The smallest absolute Gasteiger partial charge is 0.207 e. The Labute approximate surface area is 185 Å². The highest BCUT2D eigenvalue weighted by Crippen LogP contribution is 2.57. The third kappa shape index (κ3) is 4.04. The number of nitrogens with one attached hydrogen (secondary N) is 1. The van der Waals surface area contributed by atoms with Crippen LogP contribution in [0.3, 0.4) is 0 Å². The maximum absolute atomic E-state index is 11.4. The minimum Gasteiger partial charge on any atom is -0.388 e. The number of carbonyl (C=O) groups is 1. The standard InChI is InChI=1S/C22H35ClN2O3S/c1-19(2)16(23)8-11-22(5,28-19)15-6-9-20(3,25-12-26)14-7-10-21(4,27)18(17(14)15)24-13-29/h12,14-18,27H,6-11H2,1-5H3,(H,25,26)/t14-,15-,16-,17-,18+,20-,21+,22+/m0/s1. The number of alkyl halides is 1. The summed E-state index contributed by atoms with van der Waals surface area (Å²) in [5.41, 5.74) is -2.08. The second-order valence-corrected chi connectivity index (χ2v) is 11.3. The van der Waals surface area contributed by atoms with E-state index in [0.29, 0.717) is 6.42 Å². The maximum Gasteiger partial charge on any atom is 0.207 e. The summed E-state index contributed by atoms with van der Waals surface area (Å²) in [5.74, 6) is 0.399. The molecule has 3 rings (SSSR count). The van der Waals surface area contributed by atoms with Gasteiger partial charge in [-0.25, -0.2) is 4.99 Å². The topological polar surface area (TPSA) is 70.9 Å². The number of ether oxygens (including phenoxy) is 1. The molecule has 0 radical (unpaired) electrons. The maximum atomic E-state index is 11.4. The molecule has 2 N–H and O–H groups in total. The van der Waals surface area contributed by atoms with Gasteiger partial charge >= 0.3 is 0 Å². The Hall–Kier alpha value is -0.520. The second kappa shape index (κ2) is 7.87. The van der Waals surface area contributed by atoms with Crippen LogP contribution in [-0.2, 0) is 9.53 Å². The van der Waals surface area contributed by atoms with E-state index in [1.54, 1.807) is 0 Å². The highest BCUT2D eigenvalue weighted by atomic mass is 35.5. The largest absolute Gasteiger partial charge is 0.388 e. The predicted molar refractivity (Wildman–Crippen MR) is 118 cm³/mol. The fraction of sp³-hybridized carbons (Fsp3) is 0.909. The predicted octanol–water partition coefficient (Wildman–Crippen LogP) is 4.10. The van der Waals surface area contributed by atoms with Crippen molar-refractivity contribution in [2.24, 2.45) is 22.7 Å². The molecule has 2 aliphatic carbocycles. The number of thiocarbonyl (C=S) groups is 1. The molecule has 5 nitrogen and oxygen atoms in total. The number of fused-ring (bicyclic) bond motifs is 1. The average Bonchev–Trinajstić information content (AvgIpc) is 2.61. The fourth-order valence-corrected chi connectivity index (χ4v) is 6.81. The van der Waals surface area contributed by atoms with Crippen molar-refractivity contribution in [3.05, 3.63) is 0 Å². The number of halogens is 1. The molecule has 1 aliphatic heterocycles. The number of aliphatic hydroxyl groups is 1. The van der Waals surface area contributed by atoms with Gasteiger partial charge in [0.15, 0.2) is 0 Å². The SMILES string of the molecule is CC1(C)O[C@@](C)([C@H]2CC[C@](C)(NC=O)[C@H]3CC[C@@](C)(O)[C@H](N=C=S)[C@H]23)CC[C@@H]1Cl. The van der Waals surface area contributed by atoms with Crippen molar-refractivity contribution in [2.45, 2.75) is 107 Å². The quantitative estimate of drug-likeness (QED) is 0.297. The first-order valence-electron chi connectivity index (χ1n) is 10.8. The molecule has 164 valence electrons. The van der Waals surface area contributed by atoms with Crippen LogP contribution in [0.4, 0.5) is 0 Å². The molecule has 0 bridgehead atoms. The molecule has 3 aliphatic rings. The first-order chi connectivity index (χ1) is 13.4. The average molecular weight is 443 g/mol. The van der Waals surface area contributed by atoms with E-state index in [4.69, 9.17) is 28.6 Å². The van der Waals surface area contributed by atoms with Crippen LogP contribution in [0.25, 0.3) is 0 Å². The van der Waals surface area contributed by atoms with Gasteiger partial charge < -0.3 is 15.2 Å². The summed E-state index contributed by atoms with van der Waals surface area (Å²) in [6.07, 6.45) is 5.77. The normalized spacial score (nSPS) is 49.4. The first kappa shape index (κ1) is 23.1. The van der Waals surface area contributed by atoms with Gasteiger partial charge in [0.25, 0.3) is 0 Å². The van der Waals surface area contributed by atoms with Crippen LogP contribution < -0.4 is 5.32 Å². The van der Waals surface area contributed by atoms with E-state index < -0.39 is 11.2 Å². The van der Waals surface area contributed by atoms with Gasteiger partial charge in [0.2, 0.25) is 6.41 Å². The summed E-state index contributed by atoms with van der Waals surface area (Å²) < 4.78 is 6.69. The molecule has 2 saturated carbocycles. The van der Waals surface area contributed by atoms with Crippen molar-refractivity contribution >= 4 is 35.4 Å². The number of nitrogens with zero attached hydrogens (tertiary/aromatic N) is 1. The number of hydrogen-bond acceptors (Lipinski definition) is 5. The molecule has 29 heavy (non-hydrogen) atoms. The number of hydrogen-bond donors (Lipinski definition) is 2. The van der Waals surface area contributed by atoms with Crippen LogP contribution in [0.15, 0.2) is 4.99 Å². The molecule has 8 atom stereocenters. The molecule has 1 amide bonds. The zero-order valence-corrected chi connectivity index (χ0v) is 19.8. The summed E-state index contributed by atoms with van der Waals surface area (Å²) in [6.45, 7) is 10.3. The lowest BCUT2D eigenvalue weighted by molar-refractivity contribution is -0.221. The van der Waals surface area contributed by atoms with E-state index in [1.807, 2.05) is 6.92 Å². The van der Waals surface area contributed by atoms with Gasteiger partial charge in [-0.15, -0.1) is 11.6 Å². The molecule has 7 heteroatoms. The van der Waals surface area contributed by atoms with Crippen LogP contribution in [0.2, 0.25) is 0 Å². The van der Waals surface area contributed by atoms with Crippen LogP contribution in [0.5, 0.6) is 0 Å². The van der Waals surface area contributed by atoms with Crippen LogP contribution in [0.1, 0.15) is 73.1 Å². The van der Waals surface area contributed by atoms with Crippen molar-refractivity contribution in [1.29, 1.82) is 0 Å². The van der Waals surface area contributed by atoms with Crippen LogP contribution in [-0.4, -0.2) is 50.4 Å². The Morgan fingerprint density at radius 2 is 1.79 bits per heavy atom. The molecule has 1 heterocycles. The zero-order chi connectivity index (χ0) is 21.7. The van der Waals surface area contributed by atoms with E-state index >= 15 is 0 Å². The zero-order valence-electron chi connectivity index (χ0n) is 18.2. The van der Waals surface area contributed by atoms with Crippen molar-refractivity contribution in [2.75, 3.05) is 0 Å². The molecular formula is C22H35ClN2O3S. The Balaban J connectivity index is 2.05.